The first-order valence-corrected chi connectivity index (χ1v) is 6.79. The molecular formula is C18H12N2O. The van der Waals surface area contributed by atoms with Gasteiger partial charge in [0.2, 0.25) is 0 Å². The van der Waals surface area contributed by atoms with Gasteiger partial charge in [0.1, 0.15) is 5.65 Å². The number of hydrogen-bond donors (Lipinski definition) is 0. The average molecular weight is 272 g/mol. The van der Waals surface area contributed by atoms with Gasteiger partial charge in [-0.25, -0.2) is 4.98 Å². The number of imidazole rings is 1. The molecule has 0 spiro atoms. The van der Waals surface area contributed by atoms with E-state index in [1.165, 1.54) is 0 Å². The lowest BCUT2D eigenvalue weighted by molar-refractivity contribution is 0.104. The summed E-state index contributed by atoms with van der Waals surface area (Å²) in [6.45, 7) is 0. The van der Waals surface area contributed by atoms with E-state index in [9.17, 15) is 4.79 Å². The minimum atomic E-state index is -0.00227. The largest absolute Gasteiger partial charge is 0.299 e. The van der Waals surface area contributed by atoms with Gasteiger partial charge in [0.15, 0.2) is 5.78 Å². The van der Waals surface area contributed by atoms with Gasteiger partial charge in [-0.05, 0) is 17.5 Å². The lowest BCUT2D eigenvalue weighted by Crippen LogP contribution is -2.04. The van der Waals surface area contributed by atoms with Crippen LogP contribution in [0, 0.1) is 0 Å². The third kappa shape index (κ3) is 1.82. The summed E-state index contributed by atoms with van der Waals surface area (Å²) in [5, 5.41) is 1.03. The molecule has 0 bridgehead atoms. The third-order valence-corrected chi connectivity index (χ3v) is 3.66. The number of fused-ring (bicyclic) bond motifs is 3. The molecule has 3 nitrogen and oxygen atoms in total. The first-order chi connectivity index (χ1) is 10.3. The molecule has 21 heavy (non-hydrogen) atoms. The number of ketones is 1. The molecule has 0 N–H and O–H groups in total. The second kappa shape index (κ2) is 4.56. The van der Waals surface area contributed by atoms with Crippen molar-refractivity contribution in [3.05, 3.63) is 84.2 Å². The van der Waals surface area contributed by atoms with Crippen molar-refractivity contribution in [2.75, 3.05) is 0 Å². The fourth-order valence-corrected chi connectivity index (χ4v) is 2.66. The highest BCUT2D eigenvalue weighted by molar-refractivity contribution is 6.14. The third-order valence-electron chi connectivity index (χ3n) is 3.66. The van der Waals surface area contributed by atoms with Crippen molar-refractivity contribution in [3.63, 3.8) is 0 Å². The Morgan fingerprint density at radius 3 is 2.57 bits per heavy atom. The maximum atomic E-state index is 12.7. The summed E-state index contributed by atoms with van der Waals surface area (Å²) in [5.41, 5.74) is 3.06. The predicted molar refractivity (Wildman–Crippen MR) is 82.6 cm³/mol. The number of aromatic nitrogens is 2. The summed E-state index contributed by atoms with van der Waals surface area (Å²) in [6.07, 6.45) is 3.61. The summed E-state index contributed by atoms with van der Waals surface area (Å²) in [7, 11) is 0. The summed E-state index contributed by atoms with van der Waals surface area (Å²) in [4.78, 5) is 17.1. The van der Waals surface area contributed by atoms with E-state index in [1.54, 1.807) is 6.20 Å². The Bertz CT molecular complexity index is 955. The van der Waals surface area contributed by atoms with Gasteiger partial charge in [0, 0.05) is 18.0 Å². The number of carbonyl (C=O) groups excluding carboxylic acids is 1. The Kier molecular flexibility index (Phi) is 2.57. The van der Waals surface area contributed by atoms with Crippen molar-refractivity contribution in [3.8, 4) is 0 Å². The van der Waals surface area contributed by atoms with Gasteiger partial charge in [-0.1, -0.05) is 48.5 Å². The molecular weight excluding hydrogens is 260 g/mol. The molecule has 0 aliphatic carbocycles. The molecule has 2 aromatic heterocycles. The Labute approximate surface area is 121 Å². The normalized spacial score (nSPS) is 11.0. The first kappa shape index (κ1) is 11.9. The number of pyridine rings is 1. The van der Waals surface area contributed by atoms with E-state index >= 15 is 0 Å². The minimum Gasteiger partial charge on any atom is -0.299 e. The highest BCUT2D eigenvalue weighted by Crippen LogP contribution is 2.22. The van der Waals surface area contributed by atoms with E-state index in [1.807, 2.05) is 71.3 Å². The van der Waals surface area contributed by atoms with Crippen molar-refractivity contribution in [2.45, 2.75) is 0 Å². The topological polar surface area (TPSA) is 34.4 Å². The molecule has 0 atom stereocenters. The Morgan fingerprint density at radius 1 is 0.952 bits per heavy atom. The summed E-state index contributed by atoms with van der Waals surface area (Å²) < 4.78 is 1.96. The molecule has 0 fully saturated rings. The van der Waals surface area contributed by atoms with Crippen molar-refractivity contribution < 1.29 is 4.79 Å². The molecule has 4 rings (SSSR count). The number of benzene rings is 2. The quantitative estimate of drug-likeness (QED) is 0.521. The maximum absolute atomic E-state index is 12.7. The van der Waals surface area contributed by atoms with Crippen LogP contribution < -0.4 is 0 Å². The summed E-state index contributed by atoms with van der Waals surface area (Å²) in [5.74, 6) is -0.00227. The number of para-hydroxylation sites is 1. The van der Waals surface area contributed by atoms with Crippen molar-refractivity contribution in [1.82, 2.24) is 9.38 Å². The van der Waals surface area contributed by atoms with E-state index in [2.05, 4.69) is 4.98 Å². The van der Waals surface area contributed by atoms with Gasteiger partial charge in [0.05, 0.1) is 11.1 Å². The smallest absolute Gasteiger partial charge is 0.196 e. The zero-order valence-corrected chi connectivity index (χ0v) is 11.2. The van der Waals surface area contributed by atoms with Gasteiger partial charge in [0.25, 0.3) is 0 Å². The van der Waals surface area contributed by atoms with Gasteiger partial charge in [-0.2, -0.15) is 0 Å². The van der Waals surface area contributed by atoms with E-state index in [0.717, 1.165) is 10.9 Å². The molecule has 0 aliphatic rings. The van der Waals surface area contributed by atoms with Crippen LogP contribution in [0.2, 0.25) is 0 Å². The van der Waals surface area contributed by atoms with Gasteiger partial charge in [-0.15, -0.1) is 0 Å². The molecule has 0 unspecified atom stereocenters. The molecule has 3 heteroatoms. The Hall–Kier alpha value is -2.94. The molecule has 0 saturated heterocycles. The highest BCUT2D eigenvalue weighted by atomic mass is 16.1. The van der Waals surface area contributed by atoms with Gasteiger partial charge in [-0.3, -0.25) is 9.20 Å². The molecule has 0 aliphatic heterocycles. The number of nitrogens with zero attached hydrogens (tertiary/aromatic N) is 2. The second-order valence-electron chi connectivity index (χ2n) is 4.93. The monoisotopic (exact) mass is 272 g/mol. The molecule has 100 valence electrons. The van der Waals surface area contributed by atoms with Crippen LogP contribution in [-0.4, -0.2) is 15.2 Å². The maximum Gasteiger partial charge on any atom is 0.196 e. The fourth-order valence-electron chi connectivity index (χ4n) is 2.66. The fraction of sp³-hybridized carbons (Fsp3) is 0. The van der Waals surface area contributed by atoms with Crippen LogP contribution in [0.5, 0.6) is 0 Å². The van der Waals surface area contributed by atoms with E-state index < -0.39 is 0 Å². The van der Waals surface area contributed by atoms with Crippen LogP contribution >= 0.6 is 0 Å². The van der Waals surface area contributed by atoms with Crippen LogP contribution in [0.25, 0.3) is 16.6 Å². The Morgan fingerprint density at radius 2 is 1.71 bits per heavy atom. The minimum absolute atomic E-state index is 0.00227. The van der Waals surface area contributed by atoms with E-state index in [0.29, 0.717) is 16.8 Å². The predicted octanol–water partition coefficient (Wildman–Crippen LogP) is 3.72. The molecule has 0 amide bonds. The average Bonchev–Trinajstić information content (AvgIpc) is 3.04. The van der Waals surface area contributed by atoms with Crippen LogP contribution in [0.15, 0.2) is 73.1 Å². The zero-order valence-electron chi connectivity index (χ0n) is 11.2. The first-order valence-electron chi connectivity index (χ1n) is 6.79. The van der Waals surface area contributed by atoms with Gasteiger partial charge >= 0.3 is 0 Å². The molecule has 0 saturated carbocycles. The van der Waals surface area contributed by atoms with Crippen LogP contribution in [0.1, 0.15) is 15.9 Å². The second-order valence-corrected chi connectivity index (χ2v) is 4.93. The molecule has 2 heterocycles. The SMILES string of the molecule is O=C(c1ccccc1)c1cc2ccccc2n2ccnc12. The summed E-state index contributed by atoms with van der Waals surface area (Å²) in [6, 6.07) is 19.2. The van der Waals surface area contributed by atoms with E-state index in [4.69, 9.17) is 0 Å². The zero-order chi connectivity index (χ0) is 14.2. The number of rotatable bonds is 2. The van der Waals surface area contributed by atoms with Crippen LogP contribution in [-0.2, 0) is 0 Å². The molecule has 4 aromatic rings. The standard InChI is InChI=1S/C18H12N2O/c21-17(13-6-2-1-3-7-13)15-12-14-8-4-5-9-16(14)20-11-10-19-18(15)20/h1-12H. The Balaban J connectivity index is 2.03. The van der Waals surface area contributed by atoms with Crippen molar-refractivity contribution >= 4 is 22.3 Å². The summed E-state index contributed by atoms with van der Waals surface area (Å²) >= 11 is 0. The lowest BCUT2D eigenvalue weighted by Gasteiger charge is -2.07. The highest BCUT2D eigenvalue weighted by Gasteiger charge is 2.15. The lowest BCUT2D eigenvalue weighted by atomic mass is 10.0. The van der Waals surface area contributed by atoms with Crippen LogP contribution in [0.3, 0.4) is 0 Å². The number of hydrogen-bond acceptors (Lipinski definition) is 2. The van der Waals surface area contributed by atoms with Crippen molar-refractivity contribution in [2.24, 2.45) is 0 Å². The molecule has 2 aromatic carbocycles. The number of carbonyl (C=O) groups is 1. The molecule has 0 radical (unpaired) electrons. The van der Waals surface area contributed by atoms with Crippen molar-refractivity contribution in [1.29, 1.82) is 0 Å². The van der Waals surface area contributed by atoms with E-state index in [-0.39, 0.29) is 5.78 Å². The van der Waals surface area contributed by atoms with Gasteiger partial charge < -0.3 is 0 Å². The van der Waals surface area contributed by atoms with Crippen LogP contribution in [0.4, 0.5) is 0 Å².